The van der Waals surface area contributed by atoms with E-state index in [0.29, 0.717) is 17.9 Å². The number of alkyl halides is 3. The number of methoxy groups -OCH3 is 1. The maximum Gasteiger partial charge on any atom is 0.490 e. The molecule has 2 atom stereocenters. The van der Waals surface area contributed by atoms with Gasteiger partial charge in [0.25, 0.3) is 0 Å². The van der Waals surface area contributed by atoms with Gasteiger partial charge in [0.05, 0.1) is 18.0 Å². The van der Waals surface area contributed by atoms with Gasteiger partial charge in [0.1, 0.15) is 11.3 Å². The molecule has 1 aliphatic heterocycles. The van der Waals surface area contributed by atoms with Crippen molar-refractivity contribution in [3.05, 3.63) is 78.6 Å². The molecule has 0 spiro atoms. The highest BCUT2D eigenvalue weighted by Gasteiger charge is 2.55. The first-order valence-corrected chi connectivity index (χ1v) is 13.9. The fourth-order valence-corrected chi connectivity index (χ4v) is 6.41. The van der Waals surface area contributed by atoms with Crippen LogP contribution in [0.2, 0.25) is 0 Å². The smallest absolute Gasteiger partial charge is 0.490 e. The van der Waals surface area contributed by atoms with Crippen LogP contribution in [-0.4, -0.2) is 67.1 Å². The number of carboxylic acids is 1. The summed E-state index contributed by atoms with van der Waals surface area (Å²) in [7, 11) is -1.09. The Bertz CT molecular complexity index is 1770. The van der Waals surface area contributed by atoms with Crippen LogP contribution in [0, 0.1) is 0 Å². The maximum atomic E-state index is 13.9. The monoisotopic (exact) mass is 604 g/mol. The van der Waals surface area contributed by atoms with Gasteiger partial charge >= 0.3 is 12.1 Å². The molecule has 2 heterocycles. The Labute approximate surface area is 238 Å². The minimum absolute atomic E-state index is 0.0785. The summed E-state index contributed by atoms with van der Waals surface area (Å²) in [6.45, 7) is 0.330. The van der Waals surface area contributed by atoms with Crippen molar-refractivity contribution < 1.29 is 41.0 Å². The van der Waals surface area contributed by atoms with Crippen LogP contribution in [0.4, 0.5) is 13.2 Å². The van der Waals surface area contributed by atoms with Crippen molar-refractivity contribution in [2.45, 2.75) is 29.1 Å². The highest BCUT2D eigenvalue weighted by molar-refractivity contribution is 7.89. The molecule has 0 aliphatic carbocycles. The van der Waals surface area contributed by atoms with E-state index in [4.69, 9.17) is 20.4 Å². The van der Waals surface area contributed by atoms with E-state index >= 15 is 0 Å². The number of hydrogen-bond acceptors (Lipinski definition) is 7. The molecule has 4 N–H and O–H groups in total. The van der Waals surface area contributed by atoms with Crippen LogP contribution in [0.15, 0.2) is 78.0 Å². The molecule has 0 bridgehead atoms. The van der Waals surface area contributed by atoms with E-state index in [0.717, 1.165) is 25.9 Å². The number of nitrogens with zero attached hydrogens (tertiary/aromatic N) is 2. The molecule has 0 radical (unpaired) electrons. The van der Waals surface area contributed by atoms with Gasteiger partial charge in [-0.15, -0.1) is 0 Å². The van der Waals surface area contributed by atoms with Crippen molar-refractivity contribution in [2.75, 3.05) is 20.7 Å². The van der Waals surface area contributed by atoms with Gasteiger partial charge in [-0.1, -0.05) is 24.3 Å². The number of amides is 1. The summed E-state index contributed by atoms with van der Waals surface area (Å²) < 4.78 is 65.9. The fraction of sp³-hybridized carbons (Fsp3) is 0.250. The summed E-state index contributed by atoms with van der Waals surface area (Å²) in [5.74, 6) is -2.54. The van der Waals surface area contributed by atoms with Gasteiger partial charge < -0.3 is 20.9 Å². The lowest BCUT2D eigenvalue weighted by atomic mass is 9.84. The number of benzene rings is 3. The Hall–Kier alpha value is -4.27. The lowest BCUT2D eigenvalue weighted by molar-refractivity contribution is -0.192. The molecule has 42 heavy (non-hydrogen) atoms. The van der Waals surface area contributed by atoms with Gasteiger partial charge in [-0.25, -0.2) is 13.2 Å². The maximum absolute atomic E-state index is 13.9. The van der Waals surface area contributed by atoms with E-state index in [2.05, 4.69) is 10.3 Å². The Morgan fingerprint density at radius 3 is 2.33 bits per heavy atom. The number of aromatic nitrogens is 1. The predicted octanol–water partition coefficient (Wildman–Crippen LogP) is 3.61. The van der Waals surface area contributed by atoms with E-state index in [1.165, 1.54) is 7.05 Å². The number of rotatable bonds is 6. The number of sulfonamides is 1. The second kappa shape index (κ2) is 11.5. The molecule has 10 nitrogen and oxygen atoms in total. The van der Waals surface area contributed by atoms with Crippen molar-refractivity contribution in [3.63, 3.8) is 0 Å². The second-order valence-electron chi connectivity index (χ2n) is 9.54. The number of hydrogen-bond donors (Lipinski definition) is 3. The normalized spacial score (nSPS) is 17.9. The van der Waals surface area contributed by atoms with Crippen LogP contribution in [-0.2, 0) is 19.6 Å². The van der Waals surface area contributed by atoms with Crippen molar-refractivity contribution in [1.82, 2.24) is 14.6 Å². The van der Waals surface area contributed by atoms with Crippen LogP contribution < -0.4 is 15.8 Å². The molecule has 1 saturated heterocycles. The Balaban J connectivity index is 0.000000517. The molecule has 5 rings (SSSR count). The molecule has 1 aliphatic rings. The first-order chi connectivity index (χ1) is 19.7. The van der Waals surface area contributed by atoms with E-state index in [-0.39, 0.29) is 11.3 Å². The van der Waals surface area contributed by atoms with E-state index < -0.39 is 39.7 Å². The second-order valence-corrected chi connectivity index (χ2v) is 11.5. The Kier molecular flexibility index (Phi) is 8.43. The minimum atomic E-state index is -5.08. The summed E-state index contributed by atoms with van der Waals surface area (Å²) >= 11 is 0. The number of pyridine rings is 1. The fourth-order valence-electron chi connectivity index (χ4n) is 4.86. The molecule has 0 saturated carbocycles. The number of nitrogens with one attached hydrogen (secondary N) is 1. The Morgan fingerprint density at radius 1 is 1.07 bits per heavy atom. The SMILES string of the molecule is COc1ccc2ccc(S(=O)(=O)N(C)[C@]3(C(N)c4ccc5ccncc5c4)CCNC3=O)cc2c1.O=C(O)C(F)(F)F. The van der Waals surface area contributed by atoms with Crippen LogP contribution >= 0.6 is 0 Å². The summed E-state index contributed by atoms with van der Waals surface area (Å²) in [4.78, 5) is 26.4. The number of likely N-dealkylation sites (N-methyl/N-ethyl adjacent to an activating group) is 1. The highest BCUT2D eigenvalue weighted by Crippen LogP contribution is 2.39. The lowest BCUT2D eigenvalue weighted by Gasteiger charge is -2.40. The zero-order valence-electron chi connectivity index (χ0n) is 22.4. The standard InChI is InChI=1S/C26H26N4O4S.C2HF3O2/c1-30(35(32,33)23-8-6-17-5-7-22(34-2)14-20(17)15-23)26(10-12-29-25(26)31)24(27)19-4-3-18-9-11-28-16-21(18)13-19;3-2(4,5)1(6)7/h3-9,11,13-16,24H,10,12,27H2,1-2H3,(H,29,31);(H,6,7)/t24?,26-;/m0./s1. The Morgan fingerprint density at radius 2 is 1.71 bits per heavy atom. The number of carboxylic acid groups (broad SMARTS) is 1. The van der Waals surface area contributed by atoms with Crippen LogP contribution in [0.1, 0.15) is 18.0 Å². The zero-order chi connectivity index (χ0) is 30.9. The molecule has 4 aromatic rings. The molecule has 1 aromatic heterocycles. The third-order valence-electron chi connectivity index (χ3n) is 7.20. The van der Waals surface area contributed by atoms with E-state index in [1.807, 2.05) is 36.4 Å². The van der Waals surface area contributed by atoms with Crippen LogP contribution in [0.5, 0.6) is 5.75 Å². The van der Waals surface area contributed by atoms with Crippen molar-refractivity contribution in [2.24, 2.45) is 5.73 Å². The number of ether oxygens (including phenoxy) is 1. The number of halogens is 3. The topological polar surface area (TPSA) is 152 Å². The van der Waals surface area contributed by atoms with Gasteiger partial charge in [-0.3, -0.25) is 9.78 Å². The quantitative estimate of drug-likeness (QED) is 0.302. The highest BCUT2D eigenvalue weighted by atomic mass is 32.2. The lowest BCUT2D eigenvalue weighted by Crippen LogP contribution is -2.60. The number of carbonyl (C=O) groups excluding carboxylic acids is 1. The summed E-state index contributed by atoms with van der Waals surface area (Å²) in [6, 6.07) is 16.9. The average Bonchev–Trinajstić information content (AvgIpc) is 3.36. The number of carbonyl (C=O) groups is 2. The summed E-state index contributed by atoms with van der Waals surface area (Å²) in [5, 5.41) is 13.4. The van der Waals surface area contributed by atoms with E-state index in [1.54, 1.807) is 43.8 Å². The minimum Gasteiger partial charge on any atom is -0.497 e. The van der Waals surface area contributed by atoms with Gasteiger partial charge in [-0.05, 0) is 64.5 Å². The molecule has 222 valence electrons. The molecule has 1 unspecified atom stereocenters. The molecule has 1 fully saturated rings. The van der Waals surface area contributed by atoms with Gasteiger partial charge in [0.15, 0.2) is 0 Å². The molecular weight excluding hydrogens is 577 g/mol. The molecule has 1 amide bonds. The average molecular weight is 605 g/mol. The molecule has 14 heteroatoms. The third-order valence-corrected chi connectivity index (χ3v) is 9.10. The number of fused-ring (bicyclic) bond motifs is 2. The summed E-state index contributed by atoms with van der Waals surface area (Å²) in [6.07, 6.45) is -1.42. The largest absolute Gasteiger partial charge is 0.497 e. The molecular formula is C28H27F3N4O6S. The third kappa shape index (κ3) is 5.73. The number of aliphatic carboxylic acids is 1. The van der Waals surface area contributed by atoms with Gasteiger partial charge in [0, 0.05) is 31.4 Å². The van der Waals surface area contributed by atoms with Gasteiger partial charge in [-0.2, -0.15) is 17.5 Å². The first-order valence-electron chi connectivity index (χ1n) is 12.5. The van der Waals surface area contributed by atoms with E-state index in [9.17, 15) is 26.4 Å². The summed E-state index contributed by atoms with van der Waals surface area (Å²) in [5.41, 5.74) is 5.89. The van der Waals surface area contributed by atoms with Crippen LogP contribution in [0.3, 0.4) is 0 Å². The zero-order valence-corrected chi connectivity index (χ0v) is 23.2. The predicted molar refractivity (Wildman–Crippen MR) is 148 cm³/mol. The number of nitrogens with two attached hydrogens (primary N) is 1. The first kappa shape index (κ1) is 30.7. The van der Waals surface area contributed by atoms with Crippen molar-refractivity contribution >= 4 is 43.4 Å². The van der Waals surface area contributed by atoms with Crippen LogP contribution in [0.25, 0.3) is 21.5 Å². The van der Waals surface area contributed by atoms with Gasteiger partial charge in [0.2, 0.25) is 15.9 Å². The van der Waals surface area contributed by atoms with Crippen molar-refractivity contribution in [1.29, 1.82) is 0 Å². The van der Waals surface area contributed by atoms with Crippen molar-refractivity contribution in [3.8, 4) is 5.75 Å². The molecule has 3 aromatic carbocycles.